The topological polar surface area (TPSA) is 56.3 Å². The minimum absolute atomic E-state index is 0.222. The van der Waals surface area contributed by atoms with Gasteiger partial charge >= 0.3 is 5.97 Å². The van der Waals surface area contributed by atoms with Gasteiger partial charge in [-0.05, 0) is 30.9 Å². The van der Waals surface area contributed by atoms with E-state index in [4.69, 9.17) is 0 Å². The molecule has 0 fully saturated rings. The minimum atomic E-state index is -0.493. The first-order chi connectivity index (χ1) is 7.26. The van der Waals surface area contributed by atoms with Crippen LogP contribution in [0, 0.1) is 0 Å². The summed E-state index contributed by atoms with van der Waals surface area (Å²) in [4.78, 5) is 26.3. The summed E-state index contributed by atoms with van der Waals surface area (Å²) in [7, 11) is 1.30. The molecular weight excluding hydrogens is 194 g/mol. The van der Waals surface area contributed by atoms with Gasteiger partial charge in [0.2, 0.25) is 0 Å². The molecule has 1 aromatic rings. The number of ether oxygens (including phenoxy) is 1. The quantitative estimate of drug-likeness (QED) is 0.537. The second-order valence-corrected chi connectivity index (χ2v) is 3.48. The molecule has 0 bridgehead atoms. The van der Waals surface area contributed by atoms with Crippen LogP contribution < -0.4 is 0 Å². The van der Waals surface area contributed by atoms with Crippen LogP contribution in [0.3, 0.4) is 0 Å². The molecule has 0 saturated heterocycles. The highest BCUT2D eigenvalue weighted by molar-refractivity contribution is 5.90. The van der Waals surface area contributed by atoms with Gasteiger partial charge in [-0.3, -0.25) is 4.79 Å². The molecule has 2 rings (SSSR count). The van der Waals surface area contributed by atoms with Crippen LogP contribution >= 0.6 is 0 Å². The molecular formula is C11H11NO3. The number of aryl methyl sites for hydroxylation is 1. The maximum Gasteiger partial charge on any atom is 0.356 e. The number of hydrogen-bond acceptors (Lipinski definition) is 4. The molecule has 78 valence electrons. The van der Waals surface area contributed by atoms with Gasteiger partial charge < -0.3 is 4.74 Å². The van der Waals surface area contributed by atoms with Crippen LogP contribution in [0.2, 0.25) is 0 Å². The Hall–Kier alpha value is -1.71. The maximum atomic E-state index is 11.3. The number of aldehydes is 1. The van der Waals surface area contributed by atoms with Crippen molar-refractivity contribution in [1.82, 2.24) is 4.98 Å². The van der Waals surface area contributed by atoms with Gasteiger partial charge in [0.1, 0.15) is 12.0 Å². The first kappa shape index (κ1) is 9.83. The molecule has 0 spiro atoms. The number of hydrogen-bond donors (Lipinski definition) is 0. The normalized spacial score (nSPS) is 13.4. The Morgan fingerprint density at radius 3 is 3.00 bits per heavy atom. The smallest absolute Gasteiger partial charge is 0.356 e. The monoisotopic (exact) mass is 205 g/mol. The maximum absolute atomic E-state index is 11.3. The second-order valence-electron chi connectivity index (χ2n) is 3.48. The largest absolute Gasteiger partial charge is 0.464 e. The number of carbonyl (C=O) groups excluding carboxylic acids is 2. The zero-order valence-electron chi connectivity index (χ0n) is 8.45. The summed E-state index contributed by atoms with van der Waals surface area (Å²) in [6.07, 6.45) is 3.48. The molecule has 0 N–H and O–H groups in total. The zero-order valence-corrected chi connectivity index (χ0v) is 8.45. The summed E-state index contributed by atoms with van der Waals surface area (Å²) in [5.41, 5.74) is 2.64. The number of nitrogens with zero attached hydrogens (tertiary/aromatic N) is 1. The molecule has 1 heterocycles. The van der Waals surface area contributed by atoms with Crippen molar-refractivity contribution in [2.24, 2.45) is 0 Å². The zero-order chi connectivity index (χ0) is 10.8. The Kier molecular flexibility index (Phi) is 2.49. The molecule has 0 unspecified atom stereocenters. The summed E-state index contributed by atoms with van der Waals surface area (Å²) in [6, 6.07) is 1.50. The summed E-state index contributed by atoms with van der Waals surface area (Å²) in [5.74, 6) is -0.493. The van der Waals surface area contributed by atoms with Crippen molar-refractivity contribution in [3.05, 3.63) is 28.6 Å². The molecule has 0 aromatic carbocycles. The SMILES string of the molecule is COC(=O)c1cc(C=O)c2c(n1)CCC2. The standard InChI is InChI=1S/C11H11NO3/c1-15-11(14)10-5-7(6-13)8-3-2-4-9(8)12-10/h5-6H,2-4H2,1H3. The first-order valence-electron chi connectivity index (χ1n) is 4.82. The van der Waals surface area contributed by atoms with E-state index in [-0.39, 0.29) is 5.69 Å². The molecule has 15 heavy (non-hydrogen) atoms. The van der Waals surface area contributed by atoms with Crippen LogP contribution in [-0.4, -0.2) is 24.3 Å². The lowest BCUT2D eigenvalue weighted by molar-refractivity contribution is 0.0593. The van der Waals surface area contributed by atoms with Gasteiger partial charge in [0.05, 0.1) is 7.11 Å². The van der Waals surface area contributed by atoms with Crippen LogP contribution in [0.4, 0.5) is 0 Å². The third-order valence-electron chi connectivity index (χ3n) is 2.61. The van der Waals surface area contributed by atoms with Gasteiger partial charge in [0.25, 0.3) is 0 Å². The van der Waals surface area contributed by atoms with E-state index in [1.54, 1.807) is 0 Å². The van der Waals surface area contributed by atoms with Crippen molar-refractivity contribution < 1.29 is 14.3 Å². The fourth-order valence-corrected chi connectivity index (χ4v) is 1.89. The van der Waals surface area contributed by atoms with E-state index in [9.17, 15) is 9.59 Å². The summed E-state index contributed by atoms with van der Waals surface area (Å²) >= 11 is 0. The molecule has 1 aromatic heterocycles. The number of pyridine rings is 1. The number of fused-ring (bicyclic) bond motifs is 1. The Morgan fingerprint density at radius 2 is 2.33 bits per heavy atom. The Labute approximate surface area is 87.3 Å². The fraction of sp³-hybridized carbons (Fsp3) is 0.364. The predicted molar refractivity (Wildman–Crippen MR) is 53.0 cm³/mol. The predicted octanol–water partition coefficient (Wildman–Crippen LogP) is 1.17. The third kappa shape index (κ3) is 1.63. The van der Waals surface area contributed by atoms with Crippen molar-refractivity contribution in [3.63, 3.8) is 0 Å². The van der Waals surface area contributed by atoms with Crippen molar-refractivity contribution in [3.8, 4) is 0 Å². The highest BCUT2D eigenvalue weighted by Crippen LogP contribution is 2.23. The molecule has 4 nitrogen and oxygen atoms in total. The second kappa shape index (κ2) is 3.81. The van der Waals surface area contributed by atoms with Crippen molar-refractivity contribution in [1.29, 1.82) is 0 Å². The molecule has 0 atom stereocenters. The number of carbonyl (C=O) groups is 2. The molecule has 0 amide bonds. The van der Waals surface area contributed by atoms with Crippen molar-refractivity contribution in [2.45, 2.75) is 19.3 Å². The molecule has 0 aliphatic heterocycles. The molecule has 0 radical (unpaired) electrons. The summed E-state index contributed by atoms with van der Waals surface area (Å²) < 4.78 is 4.58. The van der Waals surface area contributed by atoms with Gasteiger partial charge in [0.15, 0.2) is 0 Å². The van der Waals surface area contributed by atoms with E-state index in [0.29, 0.717) is 5.56 Å². The highest BCUT2D eigenvalue weighted by atomic mass is 16.5. The molecule has 1 aliphatic rings. The summed E-state index contributed by atoms with van der Waals surface area (Å²) in [6.45, 7) is 0. The Morgan fingerprint density at radius 1 is 1.53 bits per heavy atom. The molecule has 1 aliphatic carbocycles. The Balaban J connectivity index is 2.52. The lowest BCUT2D eigenvalue weighted by Crippen LogP contribution is -2.08. The Bertz CT molecular complexity index is 426. The number of methoxy groups -OCH3 is 1. The van der Waals surface area contributed by atoms with E-state index in [1.165, 1.54) is 13.2 Å². The average molecular weight is 205 g/mol. The van der Waals surface area contributed by atoms with Gasteiger partial charge in [-0.2, -0.15) is 0 Å². The van der Waals surface area contributed by atoms with E-state index < -0.39 is 5.97 Å². The van der Waals surface area contributed by atoms with Crippen LogP contribution in [-0.2, 0) is 17.6 Å². The van der Waals surface area contributed by atoms with Crippen LogP contribution in [0.1, 0.15) is 38.5 Å². The minimum Gasteiger partial charge on any atom is -0.464 e. The average Bonchev–Trinajstić information content (AvgIpc) is 2.74. The van der Waals surface area contributed by atoms with Crippen molar-refractivity contribution >= 4 is 12.3 Å². The van der Waals surface area contributed by atoms with Gasteiger partial charge in [0, 0.05) is 11.3 Å². The lowest BCUT2D eigenvalue weighted by atomic mass is 10.1. The van der Waals surface area contributed by atoms with E-state index in [1.807, 2.05) is 0 Å². The van der Waals surface area contributed by atoms with Crippen LogP contribution in [0.15, 0.2) is 6.07 Å². The highest BCUT2D eigenvalue weighted by Gasteiger charge is 2.20. The molecule has 4 heteroatoms. The van der Waals surface area contributed by atoms with E-state index in [2.05, 4.69) is 9.72 Å². The van der Waals surface area contributed by atoms with Crippen LogP contribution in [0.25, 0.3) is 0 Å². The lowest BCUT2D eigenvalue weighted by Gasteiger charge is -2.05. The van der Waals surface area contributed by atoms with E-state index >= 15 is 0 Å². The van der Waals surface area contributed by atoms with E-state index in [0.717, 1.165) is 36.8 Å². The van der Waals surface area contributed by atoms with Crippen LogP contribution in [0.5, 0.6) is 0 Å². The number of aromatic nitrogens is 1. The fourth-order valence-electron chi connectivity index (χ4n) is 1.89. The third-order valence-corrected chi connectivity index (χ3v) is 2.61. The van der Waals surface area contributed by atoms with Crippen molar-refractivity contribution in [2.75, 3.05) is 7.11 Å². The van der Waals surface area contributed by atoms with Gasteiger partial charge in [-0.15, -0.1) is 0 Å². The first-order valence-corrected chi connectivity index (χ1v) is 4.82. The number of esters is 1. The van der Waals surface area contributed by atoms with Gasteiger partial charge in [-0.25, -0.2) is 9.78 Å². The van der Waals surface area contributed by atoms with Gasteiger partial charge in [-0.1, -0.05) is 0 Å². The molecule has 0 saturated carbocycles. The number of rotatable bonds is 2. The summed E-state index contributed by atoms with van der Waals surface area (Å²) in [5, 5.41) is 0.